The summed E-state index contributed by atoms with van der Waals surface area (Å²) in [6.45, 7) is 2.23. The van der Waals surface area contributed by atoms with Gasteiger partial charge in [0.2, 0.25) is 5.91 Å². The Morgan fingerprint density at radius 1 is 0.857 bits per heavy atom. The van der Waals surface area contributed by atoms with Crippen molar-refractivity contribution < 1.29 is 14.4 Å². The van der Waals surface area contributed by atoms with E-state index in [4.69, 9.17) is 23.8 Å². The van der Waals surface area contributed by atoms with Gasteiger partial charge < -0.3 is 15.1 Å². The molecule has 2 heterocycles. The third-order valence-electron chi connectivity index (χ3n) is 6.44. The third-order valence-corrected chi connectivity index (χ3v) is 7.13. The minimum absolute atomic E-state index is 0.0495. The number of para-hydroxylation sites is 1. The number of piperazine rings is 1. The van der Waals surface area contributed by atoms with E-state index in [9.17, 15) is 14.4 Å². The van der Waals surface area contributed by atoms with Gasteiger partial charge in [-0.15, -0.1) is 0 Å². The van der Waals surface area contributed by atoms with Crippen molar-refractivity contribution in [3.05, 3.63) is 76.8 Å². The van der Waals surface area contributed by atoms with E-state index in [0.29, 0.717) is 52.8 Å². The standard InChI is InChI=1S/C26H23ClN4O3S/c27-20-9-1-2-10-21(20)28-26(35)30-15-13-29(14-16-30)22(32)11-12-31-24(33)18-7-3-5-17-6-4-8-19(23(17)18)25(31)34/h1-10H,11-16H2,(H,28,35). The first-order chi connectivity index (χ1) is 16.9. The predicted octanol–water partition coefficient (Wildman–Crippen LogP) is 4.02. The van der Waals surface area contributed by atoms with E-state index >= 15 is 0 Å². The molecule has 1 fully saturated rings. The monoisotopic (exact) mass is 506 g/mol. The number of rotatable bonds is 4. The highest BCUT2D eigenvalue weighted by Gasteiger charge is 2.33. The Labute approximate surface area is 213 Å². The molecular formula is C26H23ClN4O3S. The van der Waals surface area contributed by atoms with Crippen molar-refractivity contribution in [3.8, 4) is 0 Å². The summed E-state index contributed by atoms with van der Waals surface area (Å²) in [5.41, 5.74) is 1.74. The number of thiocarbonyl (C=S) groups is 1. The van der Waals surface area contributed by atoms with Crippen LogP contribution in [0.15, 0.2) is 60.7 Å². The lowest BCUT2D eigenvalue weighted by Crippen LogP contribution is -2.52. The van der Waals surface area contributed by atoms with Gasteiger partial charge in [-0.1, -0.05) is 48.0 Å². The van der Waals surface area contributed by atoms with E-state index in [1.54, 1.807) is 23.1 Å². The second-order valence-electron chi connectivity index (χ2n) is 8.50. The lowest BCUT2D eigenvalue weighted by atomic mass is 9.94. The van der Waals surface area contributed by atoms with Gasteiger partial charge >= 0.3 is 0 Å². The van der Waals surface area contributed by atoms with Crippen LogP contribution in [0, 0.1) is 0 Å². The molecule has 0 radical (unpaired) electrons. The number of hydrogen-bond donors (Lipinski definition) is 1. The van der Waals surface area contributed by atoms with Crippen LogP contribution in [0.3, 0.4) is 0 Å². The number of imide groups is 1. The molecule has 0 unspecified atom stereocenters. The molecule has 7 nitrogen and oxygen atoms in total. The molecule has 3 amide bonds. The highest BCUT2D eigenvalue weighted by atomic mass is 35.5. The van der Waals surface area contributed by atoms with E-state index in [0.717, 1.165) is 11.1 Å². The number of nitrogens with zero attached hydrogens (tertiary/aromatic N) is 3. The lowest BCUT2D eigenvalue weighted by Gasteiger charge is -2.36. The zero-order valence-electron chi connectivity index (χ0n) is 18.9. The number of benzene rings is 3. The Morgan fingerprint density at radius 2 is 1.46 bits per heavy atom. The van der Waals surface area contributed by atoms with Gasteiger partial charge in [0.25, 0.3) is 11.8 Å². The maximum atomic E-state index is 13.0. The van der Waals surface area contributed by atoms with E-state index < -0.39 is 0 Å². The summed E-state index contributed by atoms with van der Waals surface area (Å²) in [5, 5.41) is 5.85. The Hall–Kier alpha value is -3.49. The molecule has 3 aromatic rings. The number of amides is 3. The quantitative estimate of drug-likeness (QED) is 0.425. The molecule has 0 aromatic heterocycles. The average molecular weight is 507 g/mol. The molecule has 3 aromatic carbocycles. The van der Waals surface area contributed by atoms with E-state index in [2.05, 4.69) is 5.32 Å². The normalized spacial score (nSPS) is 15.5. The van der Waals surface area contributed by atoms with Gasteiger partial charge in [-0.25, -0.2) is 0 Å². The summed E-state index contributed by atoms with van der Waals surface area (Å²) in [7, 11) is 0. The zero-order chi connectivity index (χ0) is 24.5. The van der Waals surface area contributed by atoms with Gasteiger partial charge in [0.15, 0.2) is 5.11 Å². The van der Waals surface area contributed by atoms with Crippen LogP contribution >= 0.6 is 23.8 Å². The number of anilines is 1. The van der Waals surface area contributed by atoms with Crippen molar-refractivity contribution >= 4 is 63.1 Å². The van der Waals surface area contributed by atoms with Crippen LogP contribution in [0.5, 0.6) is 0 Å². The molecule has 2 aliphatic heterocycles. The minimum Gasteiger partial charge on any atom is -0.345 e. The summed E-state index contributed by atoms with van der Waals surface area (Å²) in [4.78, 5) is 43.9. The first kappa shape index (κ1) is 23.3. The fraction of sp³-hybridized carbons (Fsp3) is 0.231. The summed E-state index contributed by atoms with van der Waals surface area (Å²) in [6, 6.07) is 18.2. The molecule has 35 heavy (non-hydrogen) atoms. The highest BCUT2D eigenvalue weighted by Crippen LogP contribution is 2.30. The Morgan fingerprint density at radius 3 is 2.09 bits per heavy atom. The molecule has 178 valence electrons. The topological polar surface area (TPSA) is 73.0 Å². The van der Waals surface area contributed by atoms with Crippen LogP contribution in [0.25, 0.3) is 10.8 Å². The fourth-order valence-corrected chi connectivity index (χ4v) is 5.04. The molecule has 5 rings (SSSR count). The van der Waals surface area contributed by atoms with Crippen molar-refractivity contribution in [1.29, 1.82) is 0 Å². The SMILES string of the molecule is O=C(CCN1C(=O)c2cccc3cccc(c23)C1=O)N1CCN(C(=S)Nc2ccccc2Cl)CC1. The Balaban J connectivity index is 1.17. The van der Waals surface area contributed by atoms with Crippen LogP contribution < -0.4 is 5.32 Å². The van der Waals surface area contributed by atoms with Crippen LogP contribution in [0.4, 0.5) is 5.69 Å². The minimum atomic E-state index is -0.354. The molecule has 2 aliphatic rings. The first-order valence-corrected chi connectivity index (χ1v) is 12.2. The van der Waals surface area contributed by atoms with E-state index in [1.807, 2.05) is 47.4 Å². The van der Waals surface area contributed by atoms with Crippen molar-refractivity contribution in [3.63, 3.8) is 0 Å². The van der Waals surface area contributed by atoms with Gasteiger partial charge in [-0.2, -0.15) is 0 Å². The smallest absolute Gasteiger partial charge is 0.261 e. The lowest BCUT2D eigenvalue weighted by molar-refractivity contribution is -0.132. The van der Waals surface area contributed by atoms with Crippen molar-refractivity contribution in [2.24, 2.45) is 0 Å². The third kappa shape index (κ3) is 4.47. The van der Waals surface area contributed by atoms with Gasteiger partial charge in [0, 0.05) is 55.7 Å². The van der Waals surface area contributed by atoms with Gasteiger partial charge in [-0.3, -0.25) is 19.3 Å². The number of hydrogen-bond acceptors (Lipinski definition) is 4. The van der Waals surface area contributed by atoms with Crippen LogP contribution in [0.1, 0.15) is 27.1 Å². The second kappa shape index (κ2) is 9.64. The summed E-state index contributed by atoms with van der Waals surface area (Å²) >= 11 is 11.7. The number of nitrogens with one attached hydrogen (secondary N) is 1. The second-order valence-corrected chi connectivity index (χ2v) is 9.29. The molecule has 0 spiro atoms. The number of carbonyl (C=O) groups is 3. The summed E-state index contributed by atoms with van der Waals surface area (Å²) < 4.78 is 0. The molecule has 0 atom stereocenters. The molecular weight excluding hydrogens is 484 g/mol. The van der Waals surface area contributed by atoms with Crippen LogP contribution in [-0.2, 0) is 4.79 Å². The largest absolute Gasteiger partial charge is 0.345 e. The van der Waals surface area contributed by atoms with E-state index in [-0.39, 0.29) is 30.7 Å². The van der Waals surface area contributed by atoms with Gasteiger partial charge in [0.05, 0.1) is 10.7 Å². The van der Waals surface area contributed by atoms with E-state index in [1.165, 1.54) is 4.90 Å². The molecule has 0 aliphatic carbocycles. The molecule has 1 N–H and O–H groups in total. The average Bonchev–Trinajstić information content (AvgIpc) is 2.88. The fourth-order valence-electron chi connectivity index (χ4n) is 4.56. The molecule has 9 heteroatoms. The highest BCUT2D eigenvalue weighted by molar-refractivity contribution is 7.80. The van der Waals surface area contributed by atoms with Crippen LogP contribution in [-0.4, -0.2) is 70.3 Å². The predicted molar refractivity (Wildman–Crippen MR) is 140 cm³/mol. The Kier molecular flexibility index (Phi) is 6.40. The van der Waals surface area contributed by atoms with Crippen molar-refractivity contribution in [2.75, 3.05) is 38.0 Å². The summed E-state index contributed by atoms with van der Waals surface area (Å²) in [5.74, 6) is -0.798. The number of halogens is 1. The first-order valence-electron chi connectivity index (χ1n) is 11.4. The molecule has 0 bridgehead atoms. The molecule has 0 saturated carbocycles. The number of carbonyl (C=O) groups excluding carboxylic acids is 3. The summed E-state index contributed by atoms with van der Waals surface area (Å²) in [6.07, 6.45) is 0.0813. The maximum absolute atomic E-state index is 13.0. The van der Waals surface area contributed by atoms with Crippen molar-refractivity contribution in [1.82, 2.24) is 14.7 Å². The van der Waals surface area contributed by atoms with Gasteiger partial charge in [0.1, 0.15) is 0 Å². The van der Waals surface area contributed by atoms with Crippen LogP contribution in [0.2, 0.25) is 5.02 Å². The maximum Gasteiger partial charge on any atom is 0.261 e. The Bertz CT molecular complexity index is 1300. The zero-order valence-corrected chi connectivity index (χ0v) is 20.4. The van der Waals surface area contributed by atoms with Crippen molar-refractivity contribution in [2.45, 2.75) is 6.42 Å². The molecule has 1 saturated heterocycles. The van der Waals surface area contributed by atoms with Gasteiger partial charge in [-0.05, 0) is 41.9 Å².